The second-order valence-corrected chi connectivity index (χ2v) is 7.24. The van der Waals surface area contributed by atoms with Gasteiger partial charge in [0, 0.05) is 11.4 Å². The summed E-state index contributed by atoms with van der Waals surface area (Å²) in [4.78, 5) is 25.2. The van der Waals surface area contributed by atoms with Gasteiger partial charge in [0.25, 0.3) is 5.91 Å². The Kier molecular flexibility index (Phi) is 5.41. The number of rotatable bonds is 5. The zero-order valence-corrected chi connectivity index (χ0v) is 17.0. The molecule has 0 saturated carbocycles. The molecule has 0 spiro atoms. The normalized spacial score (nSPS) is 15.9. The second-order valence-electron chi connectivity index (χ2n) is 6.80. The van der Waals surface area contributed by atoms with Gasteiger partial charge in [-0.25, -0.2) is 9.80 Å². The summed E-state index contributed by atoms with van der Waals surface area (Å²) in [6.07, 6.45) is 1.99. The third-order valence-corrected chi connectivity index (χ3v) is 5.03. The molecule has 0 saturated heterocycles. The second kappa shape index (κ2) is 8.16. The first kappa shape index (κ1) is 19.9. The molecule has 1 amide bonds. The van der Waals surface area contributed by atoms with Gasteiger partial charge >= 0.3 is 5.97 Å². The van der Waals surface area contributed by atoms with Gasteiger partial charge in [0.1, 0.15) is 23.1 Å². The Hall–Kier alpha value is -3.39. The number of aromatic nitrogens is 1. The molecule has 0 aliphatic carbocycles. The molecule has 1 unspecified atom stereocenters. The smallest absolute Gasteiger partial charge is 0.344 e. The number of ether oxygens (including phenoxy) is 1. The van der Waals surface area contributed by atoms with E-state index in [1.54, 1.807) is 38.1 Å². The third kappa shape index (κ3) is 3.86. The maximum atomic E-state index is 12.9. The van der Waals surface area contributed by atoms with Crippen molar-refractivity contribution in [3.05, 3.63) is 76.0 Å². The Morgan fingerprint density at radius 1 is 1.23 bits per heavy atom. The van der Waals surface area contributed by atoms with Crippen LogP contribution in [0.3, 0.4) is 0 Å². The fraction of sp³-hybridized carbons (Fsp3) is 0.238. The van der Waals surface area contributed by atoms with Gasteiger partial charge in [0.05, 0.1) is 17.7 Å². The molecule has 1 aliphatic heterocycles. The van der Waals surface area contributed by atoms with E-state index in [-0.39, 0.29) is 5.56 Å². The summed E-state index contributed by atoms with van der Waals surface area (Å²) in [5, 5.41) is 10.1. The lowest BCUT2D eigenvalue weighted by Gasteiger charge is -2.19. The number of halogens is 1. The van der Waals surface area contributed by atoms with Crippen molar-refractivity contribution in [2.24, 2.45) is 5.10 Å². The fourth-order valence-electron chi connectivity index (χ4n) is 3.30. The molecule has 30 heavy (non-hydrogen) atoms. The van der Waals surface area contributed by atoms with Crippen LogP contribution in [0.1, 0.15) is 45.6 Å². The largest absolute Gasteiger partial charge is 0.467 e. The Balaban J connectivity index is 1.53. The van der Waals surface area contributed by atoms with E-state index in [9.17, 15) is 9.59 Å². The summed E-state index contributed by atoms with van der Waals surface area (Å²) in [6, 6.07) is 10.3. The first-order valence-corrected chi connectivity index (χ1v) is 9.60. The van der Waals surface area contributed by atoms with E-state index in [0.717, 1.165) is 5.56 Å². The Morgan fingerprint density at radius 3 is 2.63 bits per heavy atom. The number of nitrogens with zero attached hydrogens (tertiary/aromatic N) is 3. The minimum Gasteiger partial charge on any atom is -0.467 e. The maximum absolute atomic E-state index is 12.9. The van der Waals surface area contributed by atoms with Gasteiger partial charge < -0.3 is 13.7 Å². The highest BCUT2D eigenvalue weighted by atomic mass is 35.5. The van der Waals surface area contributed by atoms with Gasteiger partial charge in [-0.3, -0.25) is 4.79 Å². The average molecular weight is 428 g/mol. The number of hydrogen-bond donors (Lipinski definition) is 0. The summed E-state index contributed by atoms with van der Waals surface area (Å²) >= 11 is 5.96. The molecule has 1 aliphatic rings. The van der Waals surface area contributed by atoms with E-state index < -0.39 is 24.5 Å². The van der Waals surface area contributed by atoms with Crippen molar-refractivity contribution < 1.29 is 23.3 Å². The molecular weight excluding hydrogens is 410 g/mol. The summed E-state index contributed by atoms with van der Waals surface area (Å²) in [5.41, 5.74) is 2.18. The van der Waals surface area contributed by atoms with Crippen molar-refractivity contribution in [1.29, 1.82) is 0 Å². The van der Waals surface area contributed by atoms with Gasteiger partial charge in [-0.2, -0.15) is 5.10 Å². The molecule has 8 nitrogen and oxygen atoms in total. The molecule has 154 valence electrons. The van der Waals surface area contributed by atoms with E-state index in [2.05, 4.69) is 10.3 Å². The van der Waals surface area contributed by atoms with Crippen LogP contribution in [0.15, 0.2) is 56.7 Å². The average Bonchev–Trinajstić information content (AvgIpc) is 3.46. The summed E-state index contributed by atoms with van der Waals surface area (Å²) in [5.74, 6) is -0.216. The highest BCUT2D eigenvalue weighted by Gasteiger charge is 2.35. The van der Waals surface area contributed by atoms with Crippen LogP contribution in [-0.4, -0.2) is 34.4 Å². The summed E-state index contributed by atoms with van der Waals surface area (Å²) < 4.78 is 15.7. The highest BCUT2D eigenvalue weighted by molar-refractivity contribution is 6.30. The number of carbonyl (C=O) groups excluding carboxylic acids is 2. The first-order valence-electron chi connectivity index (χ1n) is 9.23. The molecule has 4 rings (SSSR count). The molecule has 0 bridgehead atoms. The van der Waals surface area contributed by atoms with Gasteiger partial charge in [-0.05, 0) is 43.7 Å². The lowest BCUT2D eigenvalue weighted by molar-refractivity contribution is -0.136. The standard InChI is InChI=1S/C21H18ClN3O5/c1-12-20(13(2)30-24-12)21(27)29-11-19(26)25-17(18-4-3-9-28-18)10-16(23-25)14-5-7-15(22)8-6-14/h3-9,17H,10-11H2,1-2H3. The number of carbonyl (C=O) groups is 2. The van der Waals surface area contributed by atoms with Crippen LogP contribution in [0, 0.1) is 13.8 Å². The van der Waals surface area contributed by atoms with Crippen LogP contribution in [0.5, 0.6) is 0 Å². The zero-order chi connectivity index (χ0) is 21.3. The Labute approximate surface area is 177 Å². The fourth-order valence-corrected chi connectivity index (χ4v) is 3.43. The minimum atomic E-state index is -0.671. The van der Waals surface area contributed by atoms with E-state index in [1.165, 1.54) is 11.3 Å². The van der Waals surface area contributed by atoms with Crippen molar-refractivity contribution >= 4 is 29.2 Å². The van der Waals surface area contributed by atoms with Crippen LogP contribution in [0.4, 0.5) is 0 Å². The number of amides is 1. The Morgan fingerprint density at radius 2 is 2.00 bits per heavy atom. The van der Waals surface area contributed by atoms with E-state index in [1.807, 2.05) is 12.1 Å². The Bertz CT molecular complexity index is 1080. The minimum absolute atomic E-state index is 0.220. The number of hydrazone groups is 1. The monoisotopic (exact) mass is 427 g/mol. The van der Waals surface area contributed by atoms with Crippen LogP contribution >= 0.6 is 11.6 Å². The van der Waals surface area contributed by atoms with Gasteiger partial charge in [-0.1, -0.05) is 28.9 Å². The number of esters is 1. The topological polar surface area (TPSA) is 98.1 Å². The van der Waals surface area contributed by atoms with E-state index >= 15 is 0 Å². The molecule has 3 heterocycles. The zero-order valence-electron chi connectivity index (χ0n) is 16.3. The quantitative estimate of drug-likeness (QED) is 0.569. The molecule has 0 fully saturated rings. The molecule has 1 atom stereocenters. The number of benzene rings is 1. The SMILES string of the molecule is Cc1noc(C)c1C(=O)OCC(=O)N1N=C(c2ccc(Cl)cc2)CC1c1ccco1. The molecule has 1 aromatic carbocycles. The van der Waals surface area contributed by atoms with Crippen LogP contribution in [0.25, 0.3) is 0 Å². The van der Waals surface area contributed by atoms with Crippen molar-refractivity contribution in [3.8, 4) is 0 Å². The number of hydrogen-bond acceptors (Lipinski definition) is 7. The number of furan rings is 1. The molecule has 9 heteroatoms. The lowest BCUT2D eigenvalue weighted by atomic mass is 10.0. The van der Waals surface area contributed by atoms with Gasteiger partial charge in [0.2, 0.25) is 0 Å². The molecule has 3 aromatic rings. The van der Waals surface area contributed by atoms with Crippen molar-refractivity contribution in [1.82, 2.24) is 10.2 Å². The highest BCUT2D eigenvalue weighted by Crippen LogP contribution is 2.33. The maximum Gasteiger partial charge on any atom is 0.344 e. The molecule has 2 aromatic heterocycles. The molecular formula is C21H18ClN3O5. The van der Waals surface area contributed by atoms with E-state index in [4.69, 9.17) is 25.3 Å². The predicted octanol–water partition coefficient (Wildman–Crippen LogP) is 4.07. The summed E-state index contributed by atoms with van der Waals surface area (Å²) in [6.45, 7) is 2.76. The molecule has 0 radical (unpaired) electrons. The number of aryl methyl sites for hydroxylation is 2. The lowest BCUT2D eigenvalue weighted by Crippen LogP contribution is -2.31. The molecule has 0 N–H and O–H groups in total. The van der Waals surface area contributed by atoms with Crippen LogP contribution in [0.2, 0.25) is 5.02 Å². The van der Waals surface area contributed by atoms with Crippen LogP contribution in [-0.2, 0) is 9.53 Å². The van der Waals surface area contributed by atoms with Crippen molar-refractivity contribution in [3.63, 3.8) is 0 Å². The van der Waals surface area contributed by atoms with Crippen molar-refractivity contribution in [2.75, 3.05) is 6.61 Å². The van der Waals surface area contributed by atoms with Gasteiger partial charge in [0.15, 0.2) is 6.61 Å². The third-order valence-electron chi connectivity index (χ3n) is 4.78. The van der Waals surface area contributed by atoms with Gasteiger partial charge in [-0.15, -0.1) is 0 Å². The van der Waals surface area contributed by atoms with Crippen LogP contribution < -0.4 is 0 Å². The van der Waals surface area contributed by atoms with E-state index in [0.29, 0.717) is 34.4 Å². The first-order chi connectivity index (χ1) is 14.4. The predicted molar refractivity (Wildman–Crippen MR) is 107 cm³/mol. The summed E-state index contributed by atoms with van der Waals surface area (Å²) in [7, 11) is 0. The van der Waals surface area contributed by atoms with Crippen molar-refractivity contribution in [2.45, 2.75) is 26.3 Å².